The summed E-state index contributed by atoms with van der Waals surface area (Å²) >= 11 is 0. The summed E-state index contributed by atoms with van der Waals surface area (Å²) in [5.74, 6) is -1.33. The second-order valence-corrected chi connectivity index (χ2v) is 8.16. The zero-order valence-corrected chi connectivity index (χ0v) is 20.3. The van der Waals surface area contributed by atoms with Crippen LogP contribution in [-0.4, -0.2) is 41.4 Å². The Bertz CT molecular complexity index is 1340. The predicted molar refractivity (Wildman–Crippen MR) is 132 cm³/mol. The van der Waals surface area contributed by atoms with E-state index in [-0.39, 0.29) is 17.6 Å². The highest BCUT2D eigenvalue weighted by Crippen LogP contribution is 2.39. The molecule has 1 heterocycles. The van der Waals surface area contributed by atoms with Crippen molar-refractivity contribution in [3.8, 4) is 23.1 Å². The number of aliphatic carboxylic acids is 1. The summed E-state index contributed by atoms with van der Waals surface area (Å²) < 4.78 is 56.1. The van der Waals surface area contributed by atoms with Gasteiger partial charge in [0, 0.05) is 18.7 Å². The van der Waals surface area contributed by atoms with Gasteiger partial charge in [-0.1, -0.05) is 72.8 Å². The van der Waals surface area contributed by atoms with Crippen molar-refractivity contribution >= 4 is 5.97 Å². The standard InChI is InChI=1S/C28H23F3N2O5/c1-36-23-17-22(18-13-15-21(16-14-18)28(29,30)31)32-26(33-23)38-24(25(34)35)27(37-2,19-9-5-3-6-10-19)20-11-7-4-8-12-20/h3-17,24H,1-2H3,(H,34,35). The molecule has 0 saturated heterocycles. The van der Waals surface area contributed by atoms with Gasteiger partial charge in [0.25, 0.3) is 0 Å². The van der Waals surface area contributed by atoms with Crippen molar-refractivity contribution < 1.29 is 37.3 Å². The minimum Gasteiger partial charge on any atom is -0.481 e. The van der Waals surface area contributed by atoms with Crippen molar-refractivity contribution in [1.29, 1.82) is 0 Å². The van der Waals surface area contributed by atoms with Gasteiger partial charge in [-0.2, -0.15) is 23.1 Å². The van der Waals surface area contributed by atoms with Crippen LogP contribution in [0, 0.1) is 0 Å². The fourth-order valence-corrected chi connectivity index (χ4v) is 4.14. The fraction of sp³-hybridized carbons (Fsp3) is 0.179. The van der Waals surface area contributed by atoms with E-state index < -0.39 is 29.4 Å². The Morgan fingerprint density at radius 2 is 1.37 bits per heavy atom. The largest absolute Gasteiger partial charge is 0.481 e. The smallest absolute Gasteiger partial charge is 0.416 e. The number of ether oxygens (including phenoxy) is 3. The van der Waals surface area contributed by atoms with E-state index in [1.807, 2.05) is 0 Å². The number of carbonyl (C=O) groups is 1. The second kappa shape index (κ2) is 10.9. The molecule has 7 nitrogen and oxygen atoms in total. The summed E-state index contributed by atoms with van der Waals surface area (Å²) in [6, 6.07) is 22.8. The number of methoxy groups -OCH3 is 2. The lowest BCUT2D eigenvalue weighted by atomic mass is 9.81. The fourth-order valence-electron chi connectivity index (χ4n) is 4.14. The molecule has 0 bridgehead atoms. The molecule has 3 aromatic carbocycles. The van der Waals surface area contributed by atoms with Crippen LogP contribution in [-0.2, 0) is 21.3 Å². The molecular formula is C28H23F3N2O5. The Hall–Kier alpha value is -4.44. The number of hydrogen-bond acceptors (Lipinski definition) is 6. The van der Waals surface area contributed by atoms with E-state index in [0.29, 0.717) is 16.7 Å². The number of benzene rings is 3. The molecule has 0 amide bonds. The predicted octanol–water partition coefficient (Wildman–Crippen LogP) is 5.59. The first kappa shape index (κ1) is 26.6. The molecule has 0 aliphatic rings. The zero-order chi connectivity index (χ0) is 27.3. The Morgan fingerprint density at radius 1 is 0.816 bits per heavy atom. The topological polar surface area (TPSA) is 90.8 Å². The first-order valence-corrected chi connectivity index (χ1v) is 11.4. The average Bonchev–Trinajstić information content (AvgIpc) is 2.93. The molecule has 0 aliphatic carbocycles. The molecule has 0 fully saturated rings. The normalized spacial score (nSPS) is 12.6. The first-order chi connectivity index (χ1) is 18.2. The summed E-state index contributed by atoms with van der Waals surface area (Å²) in [6.45, 7) is 0. The summed E-state index contributed by atoms with van der Waals surface area (Å²) in [4.78, 5) is 21.1. The number of halogens is 3. The third-order valence-corrected chi connectivity index (χ3v) is 5.94. The molecule has 1 atom stereocenters. The summed E-state index contributed by atoms with van der Waals surface area (Å²) in [5, 5.41) is 10.3. The molecule has 0 spiro atoms. The molecule has 1 N–H and O–H groups in total. The third kappa shape index (κ3) is 5.30. The van der Waals surface area contributed by atoms with Crippen molar-refractivity contribution in [2.45, 2.75) is 17.9 Å². The van der Waals surface area contributed by atoms with Crippen LogP contribution in [0.25, 0.3) is 11.3 Å². The third-order valence-electron chi connectivity index (χ3n) is 5.94. The Morgan fingerprint density at radius 3 is 1.82 bits per heavy atom. The van der Waals surface area contributed by atoms with Crippen LogP contribution in [0.2, 0.25) is 0 Å². The maximum absolute atomic E-state index is 13.0. The minimum atomic E-state index is -4.50. The zero-order valence-electron chi connectivity index (χ0n) is 20.3. The van der Waals surface area contributed by atoms with Gasteiger partial charge in [-0.3, -0.25) is 0 Å². The quantitative estimate of drug-likeness (QED) is 0.305. The molecule has 4 rings (SSSR count). The van der Waals surface area contributed by atoms with Crippen molar-refractivity contribution in [1.82, 2.24) is 9.97 Å². The minimum absolute atomic E-state index is 0.0245. The molecular weight excluding hydrogens is 501 g/mol. The lowest BCUT2D eigenvalue weighted by Crippen LogP contribution is -2.50. The highest BCUT2D eigenvalue weighted by molar-refractivity contribution is 5.76. The average molecular weight is 524 g/mol. The van der Waals surface area contributed by atoms with Gasteiger partial charge in [-0.15, -0.1) is 0 Å². The molecule has 196 valence electrons. The number of carboxylic acid groups (broad SMARTS) is 1. The molecule has 10 heteroatoms. The van der Waals surface area contributed by atoms with Crippen LogP contribution in [0.3, 0.4) is 0 Å². The van der Waals surface area contributed by atoms with E-state index in [1.165, 1.54) is 32.4 Å². The molecule has 1 unspecified atom stereocenters. The summed E-state index contributed by atoms with van der Waals surface area (Å²) in [5.41, 5.74) is -0.930. The Labute approximate surface area is 216 Å². The number of rotatable bonds is 9. The second-order valence-electron chi connectivity index (χ2n) is 8.16. The number of carboxylic acids is 1. The van der Waals surface area contributed by atoms with E-state index in [4.69, 9.17) is 14.2 Å². The van der Waals surface area contributed by atoms with Crippen molar-refractivity contribution in [2.24, 2.45) is 0 Å². The Kier molecular flexibility index (Phi) is 7.63. The van der Waals surface area contributed by atoms with Gasteiger partial charge < -0.3 is 19.3 Å². The van der Waals surface area contributed by atoms with Crippen LogP contribution in [0.1, 0.15) is 16.7 Å². The van der Waals surface area contributed by atoms with Crippen molar-refractivity contribution in [2.75, 3.05) is 14.2 Å². The van der Waals surface area contributed by atoms with Crippen LogP contribution >= 0.6 is 0 Å². The van der Waals surface area contributed by atoms with E-state index in [2.05, 4.69) is 9.97 Å². The van der Waals surface area contributed by atoms with Gasteiger partial charge >= 0.3 is 18.2 Å². The van der Waals surface area contributed by atoms with E-state index >= 15 is 0 Å². The van der Waals surface area contributed by atoms with Crippen LogP contribution in [0.15, 0.2) is 91.0 Å². The van der Waals surface area contributed by atoms with Crippen molar-refractivity contribution in [3.63, 3.8) is 0 Å². The van der Waals surface area contributed by atoms with Gasteiger partial charge in [-0.05, 0) is 23.3 Å². The number of nitrogens with zero attached hydrogens (tertiary/aromatic N) is 2. The van der Waals surface area contributed by atoms with Crippen LogP contribution in [0.4, 0.5) is 13.2 Å². The van der Waals surface area contributed by atoms with E-state index in [0.717, 1.165) is 12.1 Å². The van der Waals surface area contributed by atoms with Gasteiger partial charge in [0.2, 0.25) is 12.0 Å². The molecule has 4 aromatic rings. The van der Waals surface area contributed by atoms with Gasteiger partial charge in [0.1, 0.15) is 0 Å². The van der Waals surface area contributed by atoms with Gasteiger partial charge in [-0.25, -0.2) is 4.79 Å². The number of alkyl halides is 3. The molecule has 0 aliphatic heterocycles. The number of hydrogen-bond donors (Lipinski definition) is 1. The first-order valence-electron chi connectivity index (χ1n) is 11.4. The van der Waals surface area contributed by atoms with Gasteiger partial charge in [0.15, 0.2) is 5.60 Å². The van der Waals surface area contributed by atoms with Crippen LogP contribution < -0.4 is 9.47 Å². The summed E-state index contributed by atoms with van der Waals surface area (Å²) in [6.07, 6.45) is -6.17. The summed E-state index contributed by atoms with van der Waals surface area (Å²) in [7, 11) is 2.71. The van der Waals surface area contributed by atoms with Crippen LogP contribution in [0.5, 0.6) is 11.9 Å². The van der Waals surface area contributed by atoms with Crippen molar-refractivity contribution in [3.05, 3.63) is 108 Å². The molecule has 38 heavy (non-hydrogen) atoms. The monoisotopic (exact) mass is 524 g/mol. The maximum Gasteiger partial charge on any atom is 0.416 e. The highest BCUT2D eigenvalue weighted by Gasteiger charge is 2.49. The SMILES string of the molecule is COc1cc(-c2ccc(C(F)(F)F)cc2)nc(OC(C(=O)O)C(OC)(c2ccccc2)c2ccccc2)n1. The Balaban J connectivity index is 1.82. The molecule has 0 radical (unpaired) electrons. The molecule has 1 aromatic heterocycles. The number of aromatic nitrogens is 2. The van der Waals surface area contributed by atoms with Gasteiger partial charge in [0.05, 0.1) is 18.4 Å². The van der Waals surface area contributed by atoms with E-state index in [9.17, 15) is 23.1 Å². The van der Waals surface area contributed by atoms with E-state index in [1.54, 1.807) is 60.7 Å². The maximum atomic E-state index is 13.0. The lowest BCUT2D eigenvalue weighted by molar-refractivity contribution is -0.160. The molecule has 0 saturated carbocycles. The highest BCUT2D eigenvalue weighted by atomic mass is 19.4. The lowest BCUT2D eigenvalue weighted by Gasteiger charge is -2.37.